The molecule has 2 fully saturated rings. The van der Waals surface area contributed by atoms with Crippen LogP contribution >= 0.6 is 22.9 Å². The lowest BCUT2D eigenvalue weighted by atomic mass is 10.1. The summed E-state index contributed by atoms with van der Waals surface area (Å²) in [4.78, 5) is 41.1. The Labute approximate surface area is 190 Å². The average molecular weight is 461 g/mol. The van der Waals surface area contributed by atoms with Crippen LogP contribution in [-0.2, 0) is 16.1 Å². The third kappa shape index (κ3) is 4.92. The molecule has 164 valence electrons. The van der Waals surface area contributed by atoms with Gasteiger partial charge in [0.05, 0.1) is 15.3 Å². The molecule has 0 bridgehead atoms. The number of halogens is 1. The first-order valence-corrected chi connectivity index (χ1v) is 11.6. The second-order valence-corrected chi connectivity index (χ2v) is 9.65. The van der Waals surface area contributed by atoms with Crippen molar-refractivity contribution in [2.24, 2.45) is 0 Å². The first-order chi connectivity index (χ1) is 14.9. The highest BCUT2D eigenvalue weighted by atomic mass is 35.5. The summed E-state index contributed by atoms with van der Waals surface area (Å²) in [5, 5.41) is 6.25. The van der Waals surface area contributed by atoms with Crippen molar-refractivity contribution in [2.45, 2.75) is 37.9 Å². The Morgan fingerprint density at radius 3 is 2.61 bits per heavy atom. The number of rotatable bonds is 6. The predicted molar refractivity (Wildman–Crippen MR) is 121 cm³/mol. The maximum atomic E-state index is 12.6. The van der Waals surface area contributed by atoms with Crippen LogP contribution in [0.15, 0.2) is 36.4 Å². The topological polar surface area (TPSA) is 81.8 Å². The van der Waals surface area contributed by atoms with Crippen LogP contribution in [0.25, 0.3) is 0 Å². The van der Waals surface area contributed by atoms with Gasteiger partial charge in [-0.3, -0.25) is 14.4 Å². The lowest BCUT2D eigenvalue weighted by molar-refractivity contribution is -0.128. The number of nitrogens with one attached hydrogen (secondary N) is 2. The van der Waals surface area contributed by atoms with Crippen molar-refractivity contribution in [2.75, 3.05) is 25.0 Å². The van der Waals surface area contributed by atoms with E-state index in [0.717, 1.165) is 30.6 Å². The van der Waals surface area contributed by atoms with E-state index in [-0.39, 0.29) is 23.8 Å². The number of hydrogen-bond donors (Lipinski definition) is 2. The number of carbonyl (C=O) groups is 3. The van der Waals surface area contributed by atoms with Crippen molar-refractivity contribution in [3.63, 3.8) is 0 Å². The number of piperidine rings is 1. The smallest absolute Gasteiger partial charge is 0.262 e. The van der Waals surface area contributed by atoms with Crippen LogP contribution in [0.2, 0.25) is 4.34 Å². The molecule has 0 unspecified atom stereocenters. The summed E-state index contributed by atoms with van der Waals surface area (Å²) in [6.45, 7) is 1.83. The van der Waals surface area contributed by atoms with Crippen molar-refractivity contribution < 1.29 is 14.4 Å². The fourth-order valence-corrected chi connectivity index (χ4v) is 4.96. The minimum Gasteiger partial charge on any atom is -0.342 e. The largest absolute Gasteiger partial charge is 0.342 e. The molecular formula is C22H25ClN4O3S. The van der Waals surface area contributed by atoms with E-state index in [2.05, 4.69) is 10.6 Å². The van der Waals surface area contributed by atoms with E-state index < -0.39 is 6.04 Å². The normalized spacial score (nSPS) is 21.6. The van der Waals surface area contributed by atoms with E-state index in [1.54, 1.807) is 24.1 Å². The molecule has 1 aromatic carbocycles. The number of nitrogens with zero attached hydrogens (tertiary/aromatic N) is 2. The fourth-order valence-electron chi connectivity index (χ4n) is 4.01. The Kier molecular flexibility index (Phi) is 6.60. The van der Waals surface area contributed by atoms with E-state index >= 15 is 0 Å². The third-order valence-electron chi connectivity index (χ3n) is 5.74. The molecule has 0 radical (unpaired) electrons. The molecule has 2 aromatic rings. The Hall–Kier alpha value is -2.42. The number of amides is 3. The van der Waals surface area contributed by atoms with E-state index in [9.17, 15) is 14.4 Å². The summed E-state index contributed by atoms with van der Waals surface area (Å²) in [6, 6.07) is 10.4. The average Bonchev–Trinajstić information content (AvgIpc) is 3.32. The quantitative estimate of drug-likeness (QED) is 0.694. The number of likely N-dealkylation sites (tertiary alicyclic amines) is 1. The zero-order valence-corrected chi connectivity index (χ0v) is 18.8. The highest BCUT2D eigenvalue weighted by Crippen LogP contribution is 2.23. The summed E-state index contributed by atoms with van der Waals surface area (Å²) >= 11 is 7.10. The maximum Gasteiger partial charge on any atom is 0.262 e. The van der Waals surface area contributed by atoms with E-state index in [1.165, 1.54) is 11.3 Å². The number of anilines is 1. The maximum absolute atomic E-state index is 12.6. The van der Waals surface area contributed by atoms with Crippen LogP contribution in [-0.4, -0.2) is 54.8 Å². The monoisotopic (exact) mass is 460 g/mol. The summed E-state index contributed by atoms with van der Waals surface area (Å²) < 4.78 is 0.532. The Bertz CT molecular complexity index is 977. The van der Waals surface area contributed by atoms with Crippen LogP contribution in [0.4, 0.5) is 5.69 Å². The predicted octanol–water partition coefficient (Wildman–Crippen LogP) is 2.65. The molecule has 7 nitrogen and oxygen atoms in total. The van der Waals surface area contributed by atoms with Gasteiger partial charge in [0.25, 0.3) is 5.91 Å². The summed E-state index contributed by atoms with van der Waals surface area (Å²) in [5.74, 6) is -0.240. The molecule has 2 atom stereocenters. The molecule has 2 N–H and O–H groups in total. The first kappa shape index (κ1) is 21.8. The van der Waals surface area contributed by atoms with Crippen LogP contribution in [0.3, 0.4) is 0 Å². The zero-order chi connectivity index (χ0) is 22.0. The second kappa shape index (κ2) is 9.38. The first-order valence-electron chi connectivity index (χ1n) is 10.4. The number of thiophene rings is 1. The van der Waals surface area contributed by atoms with Crippen molar-refractivity contribution in [1.82, 2.24) is 15.5 Å². The van der Waals surface area contributed by atoms with Gasteiger partial charge in [-0.2, -0.15) is 0 Å². The minimum absolute atomic E-state index is 0.118. The zero-order valence-electron chi connectivity index (χ0n) is 17.3. The van der Waals surface area contributed by atoms with Crippen LogP contribution in [0.1, 0.15) is 34.5 Å². The molecule has 0 saturated carbocycles. The van der Waals surface area contributed by atoms with Gasteiger partial charge in [-0.1, -0.05) is 23.7 Å². The molecule has 3 amide bonds. The summed E-state index contributed by atoms with van der Waals surface area (Å²) in [6.07, 6.45) is 2.60. The van der Waals surface area contributed by atoms with Gasteiger partial charge in [-0.15, -0.1) is 11.3 Å². The van der Waals surface area contributed by atoms with E-state index in [4.69, 9.17) is 11.6 Å². The SMILES string of the molecule is CN1C[C@H](NCc2ccc(N3CCCCC3=O)cc2)[C@H](NC(=O)c2ccc(Cl)s2)C1=O. The standard InChI is InChI=1S/C22H25ClN4O3S/c1-26-13-16(20(22(26)30)25-21(29)17-9-10-18(23)31-17)24-12-14-5-7-15(8-6-14)27-11-3-2-4-19(27)28/h5-10,16,20,24H,2-4,11-13H2,1H3,(H,25,29)/t16-,20-/m0/s1. The van der Waals surface area contributed by atoms with Gasteiger partial charge >= 0.3 is 0 Å². The molecule has 0 spiro atoms. The third-order valence-corrected chi connectivity index (χ3v) is 6.97. The minimum atomic E-state index is -0.636. The van der Waals surface area contributed by atoms with Crippen molar-refractivity contribution in [3.8, 4) is 0 Å². The van der Waals surface area contributed by atoms with Gasteiger partial charge in [-0.25, -0.2) is 0 Å². The molecule has 3 heterocycles. The molecule has 9 heteroatoms. The van der Waals surface area contributed by atoms with Crippen molar-refractivity contribution >= 4 is 46.3 Å². The van der Waals surface area contributed by atoms with Gasteiger partial charge < -0.3 is 20.4 Å². The second-order valence-electron chi connectivity index (χ2n) is 7.93. The lowest BCUT2D eigenvalue weighted by Crippen LogP contribution is -2.50. The van der Waals surface area contributed by atoms with E-state index in [0.29, 0.717) is 28.7 Å². The molecule has 2 aliphatic heterocycles. The molecule has 4 rings (SSSR count). The van der Waals surface area contributed by atoms with Crippen molar-refractivity contribution in [1.29, 1.82) is 0 Å². The number of likely N-dealkylation sites (N-methyl/N-ethyl adjacent to an activating group) is 1. The van der Waals surface area contributed by atoms with Gasteiger partial charge in [0.1, 0.15) is 6.04 Å². The Balaban J connectivity index is 1.37. The number of hydrogen-bond acceptors (Lipinski definition) is 5. The Morgan fingerprint density at radius 2 is 1.94 bits per heavy atom. The van der Waals surface area contributed by atoms with Crippen LogP contribution in [0.5, 0.6) is 0 Å². The van der Waals surface area contributed by atoms with E-state index in [1.807, 2.05) is 29.2 Å². The van der Waals surface area contributed by atoms with Crippen molar-refractivity contribution in [3.05, 3.63) is 51.2 Å². The fraction of sp³-hybridized carbons (Fsp3) is 0.409. The Morgan fingerprint density at radius 1 is 1.16 bits per heavy atom. The molecule has 2 saturated heterocycles. The highest BCUT2D eigenvalue weighted by Gasteiger charge is 2.39. The van der Waals surface area contributed by atoms with Gasteiger partial charge in [-0.05, 0) is 42.7 Å². The summed E-state index contributed by atoms with van der Waals surface area (Å²) in [5.41, 5.74) is 1.97. The van der Waals surface area contributed by atoms with Gasteiger partial charge in [0, 0.05) is 38.8 Å². The molecule has 31 heavy (non-hydrogen) atoms. The van der Waals surface area contributed by atoms with Crippen LogP contribution < -0.4 is 15.5 Å². The lowest BCUT2D eigenvalue weighted by Gasteiger charge is -2.27. The molecular weight excluding hydrogens is 436 g/mol. The van der Waals surface area contributed by atoms with Gasteiger partial charge in [0.2, 0.25) is 11.8 Å². The van der Waals surface area contributed by atoms with Gasteiger partial charge in [0.15, 0.2) is 0 Å². The highest BCUT2D eigenvalue weighted by molar-refractivity contribution is 7.18. The molecule has 1 aromatic heterocycles. The number of carbonyl (C=O) groups excluding carboxylic acids is 3. The number of benzene rings is 1. The molecule has 2 aliphatic rings. The van der Waals surface area contributed by atoms with Crippen LogP contribution in [0, 0.1) is 0 Å². The molecule has 0 aliphatic carbocycles. The summed E-state index contributed by atoms with van der Waals surface area (Å²) in [7, 11) is 1.73.